The molecule has 0 spiro atoms. The van der Waals surface area contributed by atoms with Crippen LogP contribution in [0.25, 0.3) is 0 Å². The molecule has 3 nitrogen and oxygen atoms in total. The number of aliphatic hydroxyl groups is 1. The fourth-order valence-electron chi connectivity index (χ4n) is 2.86. The van der Waals surface area contributed by atoms with E-state index in [1.807, 2.05) is 0 Å². The standard InChI is InChI=1S/C14H26O3/c1-6-17-11(15)13(4,5)14(16)9-7-8-12(2,3)10-14/h16H,6-10H2,1-5H3. The number of esters is 1. The quantitative estimate of drug-likeness (QED) is 0.774. The van der Waals surface area contributed by atoms with Gasteiger partial charge in [0.2, 0.25) is 0 Å². The second-order valence-electron chi connectivity index (χ2n) is 6.57. The van der Waals surface area contributed by atoms with Crippen LogP contribution in [0.2, 0.25) is 0 Å². The Hall–Kier alpha value is -0.570. The molecule has 0 aliphatic heterocycles. The Morgan fingerprint density at radius 3 is 2.41 bits per heavy atom. The predicted molar refractivity (Wildman–Crippen MR) is 67.6 cm³/mol. The maximum atomic E-state index is 12.0. The van der Waals surface area contributed by atoms with Gasteiger partial charge in [0.05, 0.1) is 17.6 Å². The zero-order valence-corrected chi connectivity index (χ0v) is 11.8. The monoisotopic (exact) mass is 242 g/mol. The highest BCUT2D eigenvalue weighted by Gasteiger charge is 2.53. The van der Waals surface area contributed by atoms with Crippen molar-refractivity contribution >= 4 is 5.97 Å². The van der Waals surface area contributed by atoms with E-state index in [0.29, 0.717) is 19.4 Å². The van der Waals surface area contributed by atoms with E-state index in [4.69, 9.17) is 4.74 Å². The second-order valence-corrected chi connectivity index (χ2v) is 6.57. The van der Waals surface area contributed by atoms with Gasteiger partial charge in [-0.3, -0.25) is 4.79 Å². The third-order valence-electron chi connectivity index (χ3n) is 4.16. The fourth-order valence-corrected chi connectivity index (χ4v) is 2.86. The van der Waals surface area contributed by atoms with Crippen LogP contribution in [0.5, 0.6) is 0 Å². The summed E-state index contributed by atoms with van der Waals surface area (Å²) in [6.45, 7) is 10.1. The van der Waals surface area contributed by atoms with Crippen molar-refractivity contribution in [3.63, 3.8) is 0 Å². The van der Waals surface area contributed by atoms with Crippen LogP contribution in [-0.2, 0) is 9.53 Å². The van der Waals surface area contributed by atoms with Gasteiger partial charge < -0.3 is 9.84 Å². The number of carbonyl (C=O) groups is 1. The Kier molecular flexibility index (Phi) is 3.92. The molecule has 1 N–H and O–H groups in total. The van der Waals surface area contributed by atoms with Crippen LogP contribution >= 0.6 is 0 Å². The largest absolute Gasteiger partial charge is 0.465 e. The minimum absolute atomic E-state index is 0.0940. The molecule has 0 bridgehead atoms. The lowest BCUT2D eigenvalue weighted by Crippen LogP contribution is -2.54. The molecule has 17 heavy (non-hydrogen) atoms. The first-order chi connectivity index (χ1) is 7.65. The molecule has 100 valence electrons. The smallest absolute Gasteiger partial charge is 0.314 e. The fraction of sp³-hybridized carbons (Fsp3) is 0.929. The van der Waals surface area contributed by atoms with E-state index in [1.54, 1.807) is 20.8 Å². The normalized spacial score (nSPS) is 28.8. The molecule has 1 unspecified atom stereocenters. The molecular formula is C14H26O3. The van der Waals surface area contributed by atoms with Gasteiger partial charge in [-0.2, -0.15) is 0 Å². The molecule has 3 heteroatoms. The summed E-state index contributed by atoms with van der Waals surface area (Å²) in [5.41, 5.74) is -1.68. The highest BCUT2D eigenvalue weighted by molar-refractivity contribution is 5.77. The Bertz CT molecular complexity index is 294. The maximum Gasteiger partial charge on any atom is 0.314 e. The third-order valence-corrected chi connectivity index (χ3v) is 4.16. The molecule has 1 atom stereocenters. The van der Waals surface area contributed by atoms with Gasteiger partial charge in [0.25, 0.3) is 0 Å². The minimum Gasteiger partial charge on any atom is -0.465 e. The van der Waals surface area contributed by atoms with E-state index < -0.39 is 11.0 Å². The van der Waals surface area contributed by atoms with Gasteiger partial charge in [0, 0.05) is 0 Å². The van der Waals surface area contributed by atoms with Crippen LogP contribution in [0.15, 0.2) is 0 Å². The minimum atomic E-state index is -0.943. The third kappa shape index (κ3) is 2.82. The summed E-state index contributed by atoms with van der Waals surface area (Å²) in [7, 11) is 0. The Morgan fingerprint density at radius 2 is 1.94 bits per heavy atom. The van der Waals surface area contributed by atoms with Crippen molar-refractivity contribution in [3.8, 4) is 0 Å². The topological polar surface area (TPSA) is 46.5 Å². The summed E-state index contributed by atoms with van der Waals surface area (Å²) in [5, 5.41) is 10.8. The predicted octanol–water partition coefficient (Wildman–Crippen LogP) is 2.91. The average Bonchev–Trinajstić information content (AvgIpc) is 2.15. The molecule has 0 heterocycles. The van der Waals surface area contributed by atoms with Gasteiger partial charge in [-0.25, -0.2) is 0 Å². The van der Waals surface area contributed by atoms with Crippen molar-refractivity contribution < 1.29 is 14.6 Å². The van der Waals surface area contributed by atoms with Gasteiger partial charge >= 0.3 is 5.97 Å². The summed E-state index contributed by atoms with van der Waals surface area (Å²) >= 11 is 0. The number of rotatable bonds is 3. The van der Waals surface area contributed by atoms with Crippen LogP contribution in [0.1, 0.15) is 60.3 Å². The molecule has 1 rings (SSSR count). The zero-order valence-electron chi connectivity index (χ0n) is 11.8. The molecule has 0 aromatic carbocycles. The van der Waals surface area contributed by atoms with Gasteiger partial charge in [0.15, 0.2) is 0 Å². The van der Waals surface area contributed by atoms with E-state index in [0.717, 1.165) is 12.8 Å². The highest BCUT2D eigenvalue weighted by Crippen LogP contribution is 2.49. The van der Waals surface area contributed by atoms with E-state index >= 15 is 0 Å². The Balaban J connectivity index is 2.91. The Morgan fingerprint density at radius 1 is 1.35 bits per heavy atom. The van der Waals surface area contributed by atoms with Crippen LogP contribution in [0.4, 0.5) is 0 Å². The molecule has 1 fully saturated rings. The van der Waals surface area contributed by atoms with Gasteiger partial charge in [0.1, 0.15) is 0 Å². The molecule has 0 saturated heterocycles. The molecule has 1 saturated carbocycles. The van der Waals surface area contributed by atoms with Crippen LogP contribution in [0, 0.1) is 10.8 Å². The zero-order chi connectivity index (χ0) is 13.3. The molecular weight excluding hydrogens is 216 g/mol. The lowest BCUT2D eigenvalue weighted by molar-refractivity contribution is -0.180. The van der Waals surface area contributed by atoms with Crippen LogP contribution < -0.4 is 0 Å². The molecule has 1 aliphatic carbocycles. The molecule has 0 aromatic heterocycles. The molecule has 1 aliphatic rings. The second kappa shape index (κ2) is 4.60. The summed E-state index contributed by atoms with van der Waals surface area (Å²) < 4.78 is 5.09. The van der Waals surface area contributed by atoms with E-state index in [-0.39, 0.29) is 11.4 Å². The van der Waals surface area contributed by atoms with Crippen molar-refractivity contribution in [2.75, 3.05) is 6.61 Å². The highest BCUT2D eigenvalue weighted by atomic mass is 16.5. The average molecular weight is 242 g/mol. The van der Waals surface area contributed by atoms with Gasteiger partial charge in [-0.1, -0.05) is 20.3 Å². The first-order valence-corrected chi connectivity index (χ1v) is 6.54. The Labute approximate surface area is 105 Å². The maximum absolute atomic E-state index is 12.0. The lowest BCUT2D eigenvalue weighted by Gasteiger charge is -2.48. The van der Waals surface area contributed by atoms with Crippen molar-refractivity contribution in [1.29, 1.82) is 0 Å². The summed E-state index contributed by atoms with van der Waals surface area (Å²) in [6, 6.07) is 0. The summed E-state index contributed by atoms with van der Waals surface area (Å²) in [5.74, 6) is -0.291. The molecule has 0 aromatic rings. The first-order valence-electron chi connectivity index (χ1n) is 6.54. The van der Waals surface area contributed by atoms with Crippen molar-refractivity contribution in [2.24, 2.45) is 10.8 Å². The van der Waals surface area contributed by atoms with Crippen molar-refractivity contribution in [1.82, 2.24) is 0 Å². The molecule has 0 amide bonds. The number of ether oxygens (including phenoxy) is 1. The van der Waals surface area contributed by atoms with Crippen molar-refractivity contribution in [3.05, 3.63) is 0 Å². The van der Waals surface area contributed by atoms with Gasteiger partial charge in [-0.15, -0.1) is 0 Å². The van der Waals surface area contributed by atoms with Crippen LogP contribution in [0.3, 0.4) is 0 Å². The van der Waals surface area contributed by atoms with Crippen molar-refractivity contribution in [2.45, 2.75) is 65.9 Å². The van der Waals surface area contributed by atoms with E-state index in [1.165, 1.54) is 0 Å². The van der Waals surface area contributed by atoms with E-state index in [2.05, 4.69) is 13.8 Å². The SMILES string of the molecule is CCOC(=O)C(C)(C)C1(O)CCCC(C)(C)C1. The number of hydrogen-bond acceptors (Lipinski definition) is 3. The lowest BCUT2D eigenvalue weighted by atomic mass is 9.60. The molecule has 0 radical (unpaired) electrons. The van der Waals surface area contributed by atoms with Gasteiger partial charge in [-0.05, 0) is 45.4 Å². The first kappa shape index (κ1) is 14.5. The summed E-state index contributed by atoms with van der Waals surface area (Å²) in [6.07, 6.45) is 3.41. The summed E-state index contributed by atoms with van der Waals surface area (Å²) in [4.78, 5) is 12.0. The van der Waals surface area contributed by atoms with E-state index in [9.17, 15) is 9.90 Å². The van der Waals surface area contributed by atoms with Crippen LogP contribution in [-0.4, -0.2) is 23.3 Å². The number of carbonyl (C=O) groups excluding carboxylic acids is 1. The number of hydrogen-bond donors (Lipinski definition) is 1.